The predicted molar refractivity (Wildman–Crippen MR) is 77.9 cm³/mol. The van der Waals surface area contributed by atoms with Crippen LogP contribution in [-0.2, 0) is 17.8 Å². The Morgan fingerprint density at radius 3 is 3.19 bits per heavy atom. The maximum atomic E-state index is 12.4. The average Bonchev–Trinajstić information content (AvgIpc) is 2.91. The Kier molecular flexibility index (Phi) is 3.81. The van der Waals surface area contributed by atoms with Gasteiger partial charge in [-0.05, 0) is 18.2 Å². The van der Waals surface area contributed by atoms with E-state index in [0.29, 0.717) is 35.4 Å². The number of amides is 1. The van der Waals surface area contributed by atoms with Gasteiger partial charge in [-0.1, -0.05) is 11.6 Å². The van der Waals surface area contributed by atoms with Crippen molar-refractivity contribution in [1.82, 2.24) is 10.2 Å². The van der Waals surface area contributed by atoms with Gasteiger partial charge in [0.2, 0.25) is 0 Å². The molecule has 2 heterocycles. The third-order valence-electron chi connectivity index (χ3n) is 3.32. The van der Waals surface area contributed by atoms with E-state index in [-0.39, 0.29) is 5.91 Å². The summed E-state index contributed by atoms with van der Waals surface area (Å²) in [6.45, 7) is 1.03. The van der Waals surface area contributed by atoms with Crippen LogP contribution < -0.4 is 10.1 Å². The van der Waals surface area contributed by atoms with Crippen LogP contribution in [0, 0.1) is 0 Å². The molecule has 0 aliphatic carbocycles. The molecule has 0 spiro atoms. The lowest BCUT2D eigenvalue weighted by atomic mass is 10.1. The molecule has 0 saturated heterocycles. The molecule has 21 heavy (non-hydrogen) atoms. The first-order valence-electron chi connectivity index (χ1n) is 6.48. The number of H-pyrrole nitrogens is 1. The van der Waals surface area contributed by atoms with Crippen LogP contribution in [0.3, 0.4) is 0 Å². The third-order valence-corrected chi connectivity index (χ3v) is 3.56. The van der Waals surface area contributed by atoms with E-state index in [4.69, 9.17) is 21.1 Å². The average molecular weight is 308 g/mol. The molecule has 1 aromatic heterocycles. The zero-order chi connectivity index (χ0) is 14.8. The van der Waals surface area contributed by atoms with Gasteiger partial charge in [0.25, 0.3) is 5.91 Å². The number of hydrogen-bond donors (Lipinski definition) is 2. The molecule has 1 aliphatic rings. The summed E-state index contributed by atoms with van der Waals surface area (Å²) in [4.78, 5) is 12.4. The molecule has 0 saturated carbocycles. The molecule has 2 N–H and O–H groups in total. The highest BCUT2D eigenvalue weighted by Crippen LogP contribution is 2.28. The van der Waals surface area contributed by atoms with Crippen LogP contribution >= 0.6 is 11.6 Å². The standard InChI is InChI=1S/C14H14ClN3O3/c1-20-12-3-2-8(15)6-11(12)16-14(19)13-9-7-21-5-4-10(9)17-18-13/h2-3,6H,4-5,7H2,1H3,(H,16,19)(H,17,18). The number of rotatable bonds is 3. The maximum absolute atomic E-state index is 12.4. The van der Waals surface area contributed by atoms with Gasteiger partial charge >= 0.3 is 0 Å². The van der Waals surface area contributed by atoms with Crippen molar-refractivity contribution >= 4 is 23.2 Å². The molecule has 1 amide bonds. The van der Waals surface area contributed by atoms with Crippen molar-refractivity contribution in [3.05, 3.63) is 40.2 Å². The van der Waals surface area contributed by atoms with Crippen LogP contribution in [0.4, 0.5) is 5.69 Å². The second kappa shape index (κ2) is 5.75. The number of carbonyl (C=O) groups is 1. The van der Waals surface area contributed by atoms with E-state index in [1.807, 2.05) is 0 Å². The number of hydrogen-bond acceptors (Lipinski definition) is 4. The molecule has 6 nitrogen and oxygen atoms in total. The van der Waals surface area contributed by atoms with Gasteiger partial charge in [-0.15, -0.1) is 0 Å². The number of carbonyl (C=O) groups excluding carboxylic acids is 1. The number of nitrogens with one attached hydrogen (secondary N) is 2. The van der Waals surface area contributed by atoms with Gasteiger partial charge in [-0.2, -0.15) is 5.10 Å². The van der Waals surface area contributed by atoms with Crippen molar-refractivity contribution in [2.75, 3.05) is 19.0 Å². The molecule has 7 heteroatoms. The highest BCUT2D eigenvalue weighted by molar-refractivity contribution is 6.31. The van der Waals surface area contributed by atoms with Gasteiger partial charge in [-0.25, -0.2) is 0 Å². The van der Waals surface area contributed by atoms with Crippen LogP contribution in [0.2, 0.25) is 5.02 Å². The Hall–Kier alpha value is -2.05. The lowest BCUT2D eigenvalue weighted by Crippen LogP contribution is -2.17. The van der Waals surface area contributed by atoms with Gasteiger partial charge < -0.3 is 14.8 Å². The summed E-state index contributed by atoms with van der Waals surface area (Å²) in [7, 11) is 1.53. The summed E-state index contributed by atoms with van der Waals surface area (Å²) in [6, 6.07) is 5.02. The number of aromatic nitrogens is 2. The fourth-order valence-corrected chi connectivity index (χ4v) is 2.43. The SMILES string of the molecule is COc1ccc(Cl)cc1NC(=O)c1n[nH]c2c1COCC2. The Morgan fingerprint density at radius 1 is 1.52 bits per heavy atom. The van der Waals surface area contributed by atoms with E-state index in [9.17, 15) is 4.79 Å². The predicted octanol–water partition coefficient (Wildman–Crippen LogP) is 2.40. The Balaban J connectivity index is 1.87. The summed E-state index contributed by atoms with van der Waals surface area (Å²) in [5.41, 5.74) is 2.60. The maximum Gasteiger partial charge on any atom is 0.276 e. The molecule has 1 aliphatic heterocycles. The number of anilines is 1. The zero-order valence-corrected chi connectivity index (χ0v) is 12.2. The number of ether oxygens (including phenoxy) is 2. The van der Waals surface area contributed by atoms with Gasteiger partial charge in [0, 0.05) is 22.7 Å². The first-order valence-corrected chi connectivity index (χ1v) is 6.85. The molecule has 0 unspecified atom stereocenters. The Morgan fingerprint density at radius 2 is 2.38 bits per heavy atom. The number of fused-ring (bicyclic) bond motifs is 1. The first kappa shape index (κ1) is 13.9. The van der Waals surface area contributed by atoms with Crippen molar-refractivity contribution in [1.29, 1.82) is 0 Å². The van der Waals surface area contributed by atoms with Crippen molar-refractivity contribution in [3.8, 4) is 5.75 Å². The Bertz CT molecular complexity index is 684. The minimum Gasteiger partial charge on any atom is -0.495 e. The molecule has 1 aromatic carbocycles. The lowest BCUT2D eigenvalue weighted by Gasteiger charge is -2.13. The highest BCUT2D eigenvalue weighted by atomic mass is 35.5. The second-order valence-corrected chi connectivity index (χ2v) is 5.07. The molecular formula is C14H14ClN3O3. The van der Waals surface area contributed by atoms with E-state index in [2.05, 4.69) is 15.5 Å². The molecule has 110 valence electrons. The quantitative estimate of drug-likeness (QED) is 0.913. The topological polar surface area (TPSA) is 76.2 Å². The Labute approximate surface area is 126 Å². The van der Waals surface area contributed by atoms with E-state index >= 15 is 0 Å². The van der Waals surface area contributed by atoms with E-state index in [1.165, 1.54) is 7.11 Å². The highest BCUT2D eigenvalue weighted by Gasteiger charge is 2.22. The van der Waals surface area contributed by atoms with E-state index < -0.39 is 0 Å². The smallest absolute Gasteiger partial charge is 0.276 e. The summed E-state index contributed by atoms with van der Waals surface area (Å²) < 4.78 is 10.6. The van der Waals surface area contributed by atoms with Crippen LogP contribution in [0.25, 0.3) is 0 Å². The molecule has 3 rings (SSSR count). The van der Waals surface area contributed by atoms with Crippen molar-refractivity contribution in [2.45, 2.75) is 13.0 Å². The fraction of sp³-hybridized carbons (Fsp3) is 0.286. The number of nitrogens with zero attached hydrogens (tertiary/aromatic N) is 1. The summed E-state index contributed by atoms with van der Waals surface area (Å²) in [5, 5.41) is 10.2. The van der Waals surface area contributed by atoms with Gasteiger partial charge in [0.15, 0.2) is 5.69 Å². The van der Waals surface area contributed by atoms with Crippen molar-refractivity contribution in [3.63, 3.8) is 0 Å². The molecule has 0 bridgehead atoms. The number of halogens is 1. The molecule has 2 aromatic rings. The summed E-state index contributed by atoms with van der Waals surface area (Å²) in [5.74, 6) is 0.215. The number of methoxy groups -OCH3 is 1. The van der Waals surface area contributed by atoms with Gasteiger partial charge in [0.05, 0.1) is 26.0 Å². The van der Waals surface area contributed by atoms with Crippen molar-refractivity contribution < 1.29 is 14.3 Å². The largest absolute Gasteiger partial charge is 0.495 e. The van der Waals surface area contributed by atoms with Crippen LogP contribution in [0.5, 0.6) is 5.75 Å². The van der Waals surface area contributed by atoms with Crippen LogP contribution in [-0.4, -0.2) is 29.8 Å². The molecule has 0 fully saturated rings. The van der Waals surface area contributed by atoms with E-state index in [0.717, 1.165) is 17.7 Å². The molecule has 0 radical (unpaired) electrons. The zero-order valence-electron chi connectivity index (χ0n) is 11.4. The molecule has 0 atom stereocenters. The van der Waals surface area contributed by atoms with Gasteiger partial charge in [-0.3, -0.25) is 9.89 Å². The van der Waals surface area contributed by atoms with Crippen molar-refractivity contribution in [2.24, 2.45) is 0 Å². The summed E-state index contributed by atoms with van der Waals surface area (Å²) >= 11 is 5.95. The van der Waals surface area contributed by atoms with Crippen LogP contribution in [0.15, 0.2) is 18.2 Å². The minimum atomic E-state index is -0.321. The third kappa shape index (κ3) is 2.72. The fourth-order valence-electron chi connectivity index (χ4n) is 2.26. The summed E-state index contributed by atoms with van der Waals surface area (Å²) in [6.07, 6.45) is 0.732. The van der Waals surface area contributed by atoms with Gasteiger partial charge in [0.1, 0.15) is 5.75 Å². The normalized spacial score (nSPS) is 13.6. The monoisotopic (exact) mass is 307 g/mol. The van der Waals surface area contributed by atoms with Crippen LogP contribution in [0.1, 0.15) is 21.7 Å². The minimum absolute atomic E-state index is 0.321. The second-order valence-electron chi connectivity index (χ2n) is 4.63. The first-order chi connectivity index (χ1) is 10.2. The van der Waals surface area contributed by atoms with E-state index in [1.54, 1.807) is 18.2 Å². The number of aromatic amines is 1. The molecular weight excluding hydrogens is 294 g/mol. The number of benzene rings is 1. The lowest BCUT2D eigenvalue weighted by molar-refractivity contribution is 0.0985.